The number of hydrogen-bond acceptors (Lipinski definition) is 4. The third kappa shape index (κ3) is 9.13. The summed E-state index contributed by atoms with van der Waals surface area (Å²) < 4.78 is 4.75. The predicted octanol–water partition coefficient (Wildman–Crippen LogP) is 1.26. The van der Waals surface area contributed by atoms with Gasteiger partial charge in [-0.25, -0.2) is 9.79 Å². The summed E-state index contributed by atoms with van der Waals surface area (Å²) in [6.45, 7) is 4.38. The van der Waals surface area contributed by atoms with Gasteiger partial charge < -0.3 is 25.2 Å². The Bertz CT molecular complexity index is 437. The van der Waals surface area contributed by atoms with Gasteiger partial charge in [0.25, 0.3) is 0 Å². The molecule has 8 nitrogen and oxygen atoms in total. The minimum Gasteiger partial charge on any atom is -0.453 e. The zero-order valence-corrected chi connectivity index (χ0v) is 18.0. The Labute approximate surface area is 167 Å². The van der Waals surface area contributed by atoms with Gasteiger partial charge in [-0.3, -0.25) is 4.79 Å². The van der Waals surface area contributed by atoms with Crippen molar-refractivity contribution in [3.63, 3.8) is 0 Å². The molecule has 0 atom stereocenters. The van der Waals surface area contributed by atoms with Crippen molar-refractivity contribution in [2.75, 3.05) is 47.4 Å². The largest absolute Gasteiger partial charge is 0.453 e. The van der Waals surface area contributed by atoms with Crippen LogP contribution in [-0.2, 0) is 9.53 Å². The maximum Gasteiger partial charge on any atom is 0.409 e. The zero-order chi connectivity index (χ0) is 17.9. The molecule has 146 valence electrons. The minimum atomic E-state index is -0.278. The molecule has 0 spiro atoms. The van der Waals surface area contributed by atoms with E-state index in [0.29, 0.717) is 19.0 Å². The lowest BCUT2D eigenvalue weighted by Crippen LogP contribution is -2.50. The number of piperidine rings is 1. The molecule has 0 saturated carbocycles. The van der Waals surface area contributed by atoms with Gasteiger partial charge >= 0.3 is 6.09 Å². The van der Waals surface area contributed by atoms with E-state index in [1.165, 1.54) is 12.0 Å². The van der Waals surface area contributed by atoms with Crippen molar-refractivity contribution in [2.24, 2.45) is 4.99 Å². The third-order valence-electron chi connectivity index (χ3n) is 3.96. The molecule has 1 saturated heterocycles. The van der Waals surface area contributed by atoms with Crippen LogP contribution in [0.5, 0.6) is 0 Å². The van der Waals surface area contributed by atoms with Crippen LogP contribution in [-0.4, -0.2) is 81.2 Å². The van der Waals surface area contributed by atoms with Crippen LogP contribution in [0, 0.1) is 0 Å². The molecule has 0 unspecified atom stereocenters. The first-order chi connectivity index (χ1) is 11.5. The van der Waals surface area contributed by atoms with Gasteiger partial charge in [-0.05, 0) is 19.3 Å². The monoisotopic (exact) mass is 469 g/mol. The van der Waals surface area contributed by atoms with Crippen LogP contribution in [0.2, 0.25) is 0 Å². The number of halogens is 1. The molecule has 25 heavy (non-hydrogen) atoms. The molecular weight excluding hydrogens is 437 g/mol. The van der Waals surface area contributed by atoms with Crippen molar-refractivity contribution in [3.8, 4) is 0 Å². The molecule has 1 aliphatic rings. The summed E-state index contributed by atoms with van der Waals surface area (Å²) in [4.78, 5) is 30.9. The van der Waals surface area contributed by atoms with Gasteiger partial charge in [-0.2, -0.15) is 0 Å². The maximum absolute atomic E-state index is 11.7. The Morgan fingerprint density at radius 3 is 2.44 bits per heavy atom. The Morgan fingerprint density at radius 1 is 1.28 bits per heavy atom. The van der Waals surface area contributed by atoms with Gasteiger partial charge in [0.15, 0.2) is 5.96 Å². The predicted molar refractivity (Wildman–Crippen MR) is 109 cm³/mol. The fraction of sp³-hybridized carbons (Fsp3) is 0.812. The number of nitrogens with one attached hydrogen (secondary N) is 2. The number of rotatable bonds is 6. The SMILES string of the molecule is CCCCNC(=NCC(=O)N(C)C)NC1CCN(C(=O)OC)CC1.I. The van der Waals surface area contributed by atoms with Crippen molar-refractivity contribution in [1.29, 1.82) is 0 Å². The van der Waals surface area contributed by atoms with Gasteiger partial charge in [0, 0.05) is 39.8 Å². The summed E-state index contributed by atoms with van der Waals surface area (Å²) in [5.74, 6) is 0.627. The number of nitrogens with zero attached hydrogens (tertiary/aromatic N) is 3. The average molecular weight is 469 g/mol. The highest BCUT2D eigenvalue weighted by Gasteiger charge is 2.23. The van der Waals surface area contributed by atoms with Crippen LogP contribution >= 0.6 is 24.0 Å². The molecule has 0 radical (unpaired) electrons. The molecular formula is C16H32IN5O3. The number of unbranched alkanes of at least 4 members (excludes halogenated alkanes) is 1. The summed E-state index contributed by atoms with van der Waals surface area (Å²) in [6, 6.07) is 0.230. The van der Waals surface area contributed by atoms with Gasteiger partial charge in [-0.1, -0.05) is 13.3 Å². The van der Waals surface area contributed by atoms with Gasteiger partial charge in [-0.15, -0.1) is 24.0 Å². The standard InChI is InChI=1S/C16H31N5O3.HI/c1-5-6-9-17-15(18-12-14(22)20(2)3)19-13-7-10-21(11-8-13)16(23)24-4;/h13H,5-12H2,1-4H3,(H2,17,18,19);1H. The molecule has 0 aromatic carbocycles. The normalized spacial score (nSPS) is 15.2. The summed E-state index contributed by atoms with van der Waals surface area (Å²) in [5.41, 5.74) is 0. The van der Waals surface area contributed by atoms with E-state index in [-0.39, 0.29) is 48.6 Å². The van der Waals surface area contributed by atoms with E-state index >= 15 is 0 Å². The van der Waals surface area contributed by atoms with Crippen LogP contribution in [0.3, 0.4) is 0 Å². The highest BCUT2D eigenvalue weighted by Crippen LogP contribution is 2.11. The van der Waals surface area contributed by atoms with Crippen LogP contribution < -0.4 is 10.6 Å². The molecule has 1 aliphatic heterocycles. The number of likely N-dealkylation sites (tertiary alicyclic amines) is 1. The number of ether oxygens (including phenoxy) is 1. The zero-order valence-electron chi connectivity index (χ0n) is 15.7. The van der Waals surface area contributed by atoms with Crippen molar-refractivity contribution in [2.45, 2.75) is 38.6 Å². The van der Waals surface area contributed by atoms with Crippen molar-refractivity contribution >= 4 is 41.9 Å². The Hall–Kier alpha value is -1.26. The van der Waals surface area contributed by atoms with E-state index in [0.717, 1.165) is 32.2 Å². The fourth-order valence-corrected chi connectivity index (χ4v) is 2.35. The van der Waals surface area contributed by atoms with E-state index in [1.807, 2.05) is 0 Å². The second kappa shape index (κ2) is 13.0. The number of hydrogen-bond donors (Lipinski definition) is 2. The second-order valence-electron chi connectivity index (χ2n) is 6.11. The van der Waals surface area contributed by atoms with Gasteiger partial charge in [0.2, 0.25) is 5.91 Å². The number of carbonyl (C=O) groups is 2. The molecule has 9 heteroatoms. The van der Waals surface area contributed by atoms with Crippen LogP contribution in [0.15, 0.2) is 4.99 Å². The van der Waals surface area contributed by atoms with Crippen molar-refractivity contribution < 1.29 is 14.3 Å². The lowest BCUT2D eigenvalue weighted by atomic mass is 10.1. The molecule has 2 N–H and O–H groups in total. The lowest BCUT2D eigenvalue weighted by Gasteiger charge is -2.32. The lowest BCUT2D eigenvalue weighted by molar-refractivity contribution is -0.127. The maximum atomic E-state index is 11.7. The number of likely N-dealkylation sites (N-methyl/N-ethyl adjacent to an activating group) is 1. The topological polar surface area (TPSA) is 86.3 Å². The number of aliphatic imine (C=N–C) groups is 1. The average Bonchev–Trinajstić information content (AvgIpc) is 2.59. The van der Waals surface area contributed by atoms with E-state index < -0.39 is 0 Å². The van der Waals surface area contributed by atoms with Crippen molar-refractivity contribution in [1.82, 2.24) is 20.4 Å². The quantitative estimate of drug-likeness (QED) is 0.265. The van der Waals surface area contributed by atoms with Crippen LogP contribution in [0.1, 0.15) is 32.6 Å². The number of amides is 2. The Balaban J connectivity index is 0.00000576. The third-order valence-corrected chi connectivity index (χ3v) is 3.96. The summed E-state index contributed by atoms with van der Waals surface area (Å²) in [5, 5.41) is 6.65. The molecule has 1 rings (SSSR count). The van der Waals surface area contributed by atoms with Gasteiger partial charge in [0.1, 0.15) is 6.54 Å². The molecule has 0 aliphatic carbocycles. The summed E-state index contributed by atoms with van der Waals surface area (Å²) in [7, 11) is 4.84. The highest BCUT2D eigenvalue weighted by molar-refractivity contribution is 14.0. The van der Waals surface area contributed by atoms with E-state index in [4.69, 9.17) is 4.74 Å². The first-order valence-electron chi connectivity index (χ1n) is 8.55. The number of methoxy groups -OCH3 is 1. The van der Waals surface area contributed by atoms with Crippen molar-refractivity contribution in [3.05, 3.63) is 0 Å². The molecule has 1 fully saturated rings. The highest BCUT2D eigenvalue weighted by atomic mass is 127. The van der Waals surface area contributed by atoms with Crippen LogP contribution in [0.25, 0.3) is 0 Å². The molecule has 0 aromatic rings. The summed E-state index contributed by atoms with van der Waals surface area (Å²) in [6.07, 6.45) is 3.51. The van der Waals surface area contributed by atoms with Crippen LogP contribution in [0.4, 0.5) is 4.79 Å². The number of carbonyl (C=O) groups excluding carboxylic acids is 2. The van der Waals surface area contributed by atoms with E-state index in [9.17, 15) is 9.59 Å². The minimum absolute atomic E-state index is 0. The Morgan fingerprint density at radius 2 is 1.92 bits per heavy atom. The first kappa shape index (κ1) is 23.7. The molecule has 0 bridgehead atoms. The molecule has 0 aromatic heterocycles. The fourth-order valence-electron chi connectivity index (χ4n) is 2.35. The summed E-state index contributed by atoms with van der Waals surface area (Å²) >= 11 is 0. The first-order valence-corrected chi connectivity index (χ1v) is 8.55. The van der Waals surface area contributed by atoms with E-state index in [2.05, 4.69) is 22.5 Å². The smallest absolute Gasteiger partial charge is 0.409 e. The second-order valence-corrected chi connectivity index (χ2v) is 6.11. The van der Waals surface area contributed by atoms with E-state index in [1.54, 1.807) is 19.0 Å². The van der Waals surface area contributed by atoms with Gasteiger partial charge in [0.05, 0.1) is 7.11 Å². The molecule has 2 amide bonds. The Kier molecular flexibility index (Phi) is 12.4. The number of guanidine groups is 1. The molecule has 1 heterocycles.